The molecular formula is C26H29N3O5S. The van der Waals surface area contributed by atoms with Gasteiger partial charge in [-0.05, 0) is 55.8 Å². The smallest absolute Gasteiger partial charge is 0.253 e. The fourth-order valence-corrected chi connectivity index (χ4v) is 4.84. The zero-order chi connectivity index (χ0) is 25.6. The van der Waals surface area contributed by atoms with Crippen molar-refractivity contribution >= 4 is 33.2 Å². The average molecular weight is 496 g/mol. The highest BCUT2D eigenvalue weighted by Crippen LogP contribution is 2.25. The van der Waals surface area contributed by atoms with E-state index in [-0.39, 0.29) is 23.2 Å². The summed E-state index contributed by atoms with van der Waals surface area (Å²) in [5, 5.41) is 5.65. The van der Waals surface area contributed by atoms with Gasteiger partial charge in [-0.15, -0.1) is 0 Å². The van der Waals surface area contributed by atoms with Gasteiger partial charge in [-0.25, -0.2) is 8.42 Å². The van der Waals surface area contributed by atoms with Crippen molar-refractivity contribution in [3.05, 3.63) is 90.0 Å². The number of hydrogen-bond donors (Lipinski definition) is 2. The summed E-state index contributed by atoms with van der Waals surface area (Å²) in [7, 11) is -2.29. The van der Waals surface area contributed by atoms with Crippen LogP contribution in [0, 0.1) is 0 Å². The van der Waals surface area contributed by atoms with Gasteiger partial charge in [0.15, 0.2) is 0 Å². The lowest BCUT2D eigenvalue weighted by Crippen LogP contribution is -2.45. The summed E-state index contributed by atoms with van der Waals surface area (Å²) in [5.41, 5.74) is 1.81. The van der Waals surface area contributed by atoms with Gasteiger partial charge in [-0.3, -0.25) is 13.9 Å². The lowest BCUT2D eigenvalue weighted by atomic mass is 10.1. The van der Waals surface area contributed by atoms with Crippen molar-refractivity contribution in [3.8, 4) is 5.75 Å². The predicted octanol–water partition coefficient (Wildman–Crippen LogP) is 3.98. The topological polar surface area (TPSA) is 105 Å². The third kappa shape index (κ3) is 6.39. The van der Waals surface area contributed by atoms with Crippen LogP contribution in [0.4, 0.5) is 11.4 Å². The molecule has 0 aliphatic rings. The molecular weight excluding hydrogens is 466 g/mol. The highest BCUT2D eigenvalue weighted by Gasteiger charge is 2.30. The van der Waals surface area contributed by atoms with E-state index in [1.807, 2.05) is 37.3 Å². The normalized spacial score (nSPS) is 12.8. The fraction of sp³-hybridized carbons (Fsp3) is 0.231. The van der Waals surface area contributed by atoms with Gasteiger partial charge in [0.2, 0.25) is 15.9 Å². The number of para-hydroxylation sites is 1. The maximum absolute atomic E-state index is 13.1. The van der Waals surface area contributed by atoms with Crippen molar-refractivity contribution in [1.29, 1.82) is 0 Å². The van der Waals surface area contributed by atoms with Crippen LogP contribution < -0.4 is 19.7 Å². The molecule has 0 saturated heterocycles. The van der Waals surface area contributed by atoms with E-state index in [0.29, 0.717) is 11.4 Å². The number of ether oxygens (including phenoxy) is 1. The Bertz CT molecular complexity index is 1280. The number of amides is 2. The molecule has 0 aromatic heterocycles. The molecule has 0 saturated carbocycles. The van der Waals surface area contributed by atoms with Crippen LogP contribution in [0.1, 0.15) is 35.8 Å². The lowest BCUT2D eigenvalue weighted by molar-refractivity contribution is -0.116. The zero-order valence-corrected chi connectivity index (χ0v) is 20.9. The zero-order valence-electron chi connectivity index (χ0n) is 20.1. The first-order valence-corrected chi connectivity index (χ1v) is 12.9. The highest BCUT2D eigenvalue weighted by molar-refractivity contribution is 7.92. The van der Waals surface area contributed by atoms with Crippen molar-refractivity contribution in [2.24, 2.45) is 0 Å². The number of carbonyl (C=O) groups excluding carboxylic acids is 2. The molecule has 3 aromatic carbocycles. The van der Waals surface area contributed by atoms with Crippen molar-refractivity contribution in [3.63, 3.8) is 0 Å². The number of rotatable bonds is 9. The van der Waals surface area contributed by atoms with Gasteiger partial charge < -0.3 is 15.4 Å². The molecule has 0 unspecified atom stereocenters. The number of sulfonamides is 1. The lowest BCUT2D eigenvalue weighted by Gasteiger charge is -2.28. The molecule has 35 heavy (non-hydrogen) atoms. The number of nitrogens with one attached hydrogen (secondary N) is 2. The maximum Gasteiger partial charge on any atom is 0.253 e. The molecule has 3 rings (SSSR count). The van der Waals surface area contributed by atoms with E-state index < -0.39 is 22.0 Å². The Balaban J connectivity index is 1.81. The van der Waals surface area contributed by atoms with Gasteiger partial charge in [-0.2, -0.15) is 0 Å². The summed E-state index contributed by atoms with van der Waals surface area (Å²) >= 11 is 0. The number of hydrogen-bond acceptors (Lipinski definition) is 5. The van der Waals surface area contributed by atoms with Crippen LogP contribution in [0.5, 0.6) is 5.75 Å². The summed E-state index contributed by atoms with van der Waals surface area (Å²) in [5.74, 6) is -0.383. The maximum atomic E-state index is 13.1. The van der Waals surface area contributed by atoms with Gasteiger partial charge in [0.05, 0.1) is 36.3 Å². The van der Waals surface area contributed by atoms with E-state index in [0.717, 1.165) is 16.1 Å². The van der Waals surface area contributed by atoms with Crippen molar-refractivity contribution < 1.29 is 22.7 Å². The number of nitrogens with zero attached hydrogens (tertiary/aromatic N) is 1. The number of methoxy groups -OCH3 is 1. The predicted molar refractivity (Wildman–Crippen MR) is 137 cm³/mol. The van der Waals surface area contributed by atoms with Gasteiger partial charge >= 0.3 is 0 Å². The van der Waals surface area contributed by atoms with Gasteiger partial charge in [0, 0.05) is 0 Å². The van der Waals surface area contributed by atoms with Crippen molar-refractivity contribution in [2.45, 2.75) is 25.9 Å². The van der Waals surface area contributed by atoms with E-state index in [9.17, 15) is 18.0 Å². The Morgan fingerprint density at radius 2 is 1.49 bits per heavy atom. The van der Waals surface area contributed by atoms with E-state index >= 15 is 0 Å². The Morgan fingerprint density at radius 3 is 2.09 bits per heavy atom. The second kappa shape index (κ2) is 11.1. The average Bonchev–Trinajstić information content (AvgIpc) is 2.84. The highest BCUT2D eigenvalue weighted by atomic mass is 32.2. The number of benzene rings is 3. The Labute approximate surface area is 206 Å². The first kappa shape index (κ1) is 25.8. The second-order valence-electron chi connectivity index (χ2n) is 8.07. The van der Waals surface area contributed by atoms with Crippen LogP contribution in [-0.2, 0) is 14.8 Å². The quantitative estimate of drug-likeness (QED) is 0.467. The van der Waals surface area contributed by atoms with Crippen LogP contribution in [0.3, 0.4) is 0 Å². The summed E-state index contributed by atoms with van der Waals surface area (Å²) < 4.78 is 31.3. The molecule has 2 amide bonds. The first-order valence-electron chi connectivity index (χ1n) is 11.0. The van der Waals surface area contributed by atoms with Gasteiger partial charge in [0.25, 0.3) is 5.91 Å². The van der Waals surface area contributed by atoms with E-state index in [1.54, 1.807) is 48.5 Å². The van der Waals surface area contributed by atoms with Crippen LogP contribution in [0.15, 0.2) is 78.9 Å². The third-order valence-corrected chi connectivity index (χ3v) is 6.73. The minimum Gasteiger partial charge on any atom is -0.497 e. The van der Waals surface area contributed by atoms with Gasteiger partial charge in [0.1, 0.15) is 11.8 Å². The molecule has 0 radical (unpaired) electrons. The van der Waals surface area contributed by atoms with Crippen LogP contribution >= 0.6 is 0 Å². The number of carbonyl (C=O) groups is 2. The Kier molecular flexibility index (Phi) is 8.14. The van der Waals surface area contributed by atoms with Crippen molar-refractivity contribution in [2.75, 3.05) is 23.0 Å². The van der Waals surface area contributed by atoms with Crippen LogP contribution in [0.25, 0.3) is 0 Å². The standard InChI is InChI=1S/C26H29N3O5S/c1-18(20-10-6-5-7-11-20)27-26(31)23-12-8-9-13-24(23)28-25(30)19(2)29(35(4,32)33)21-14-16-22(34-3)17-15-21/h5-19H,1-4H3,(H,27,31)(H,28,30)/t18-,19-/m0/s1. The summed E-state index contributed by atoms with van der Waals surface area (Å²) in [4.78, 5) is 26.1. The minimum atomic E-state index is -3.79. The van der Waals surface area contributed by atoms with Crippen LogP contribution in [0.2, 0.25) is 0 Å². The molecule has 0 aliphatic carbocycles. The molecule has 184 valence electrons. The number of anilines is 2. The molecule has 0 fully saturated rings. The SMILES string of the molecule is COc1ccc(N([C@@H](C)C(=O)Nc2ccccc2C(=O)N[C@@H](C)c2ccccc2)S(C)(=O)=O)cc1. The fourth-order valence-electron chi connectivity index (χ4n) is 3.66. The largest absolute Gasteiger partial charge is 0.497 e. The molecule has 2 atom stereocenters. The Morgan fingerprint density at radius 1 is 0.886 bits per heavy atom. The molecule has 9 heteroatoms. The second-order valence-corrected chi connectivity index (χ2v) is 9.93. The Hall–Kier alpha value is -3.85. The molecule has 0 spiro atoms. The third-order valence-electron chi connectivity index (χ3n) is 5.49. The monoisotopic (exact) mass is 495 g/mol. The van der Waals surface area contributed by atoms with E-state index in [1.165, 1.54) is 14.0 Å². The molecule has 3 aromatic rings. The molecule has 0 heterocycles. The minimum absolute atomic E-state index is 0.248. The summed E-state index contributed by atoms with van der Waals surface area (Å²) in [6.07, 6.45) is 1.04. The van der Waals surface area contributed by atoms with Crippen molar-refractivity contribution in [1.82, 2.24) is 5.32 Å². The molecule has 8 nitrogen and oxygen atoms in total. The first-order chi connectivity index (χ1) is 16.6. The molecule has 0 aliphatic heterocycles. The van der Waals surface area contributed by atoms with E-state index in [2.05, 4.69) is 10.6 Å². The molecule has 0 bridgehead atoms. The van der Waals surface area contributed by atoms with E-state index in [4.69, 9.17) is 4.74 Å². The van der Waals surface area contributed by atoms with Crippen LogP contribution in [-0.4, -0.2) is 39.6 Å². The summed E-state index contributed by atoms with van der Waals surface area (Å²) in [6.45, 7) is 3.36. The van der Waals surface area contributed by atoms with Gasteiger partial charge in [-0.1, -0.05) is 42.5 Å². The summed E-state index contributed by atoms with van der Waals surface area (Å²) in [6, 6.07) is 21.1. The molecule has 2 N–H and O–H groups in total.